The highest BCUT2D eigenvalue weighted by molar-refractivity contribution is 5.85. The summed E-state index contributed by atoms with van der Waals surface area (Å²) in [6, 6.07) is 0.324. The van der Waals surface area contributed by atoms with Crippen molar-refractivity contribution in [3.8, 4) is 0 Å². The Morgan fingerprint density at radius 2 is 1.62 bits per heavy atom. The minimum atomic E-state index is -0.765. The second-order valence-corrected chi connectivity index (χ2v) is 6.34. The van der Waals surface area contributed by atoms with E-state index in [0.717, 1.165) is 58.4 Å². The Kier molecular flexibility index (Phi) is 12.1. The van der Waals surface area contributed by atoms with Gasteiger partial charge in [0.1, 0.15) is 0 Å². The zero-order valence-corrected chi connectivity index (χ0v) is 16.2. The van der Waals surface area contributed by atoms with Gasteiger partial charge in [-0.2, -0.15) is 0 Å². The van der Waals surface area contributed by atoms with Crippen LogP contribution in [-0.4, -0.2) is 83.5 Å². The molecule has 24 heavy (non-hydrogen) atoms. The summed E-state index contributed by atoms with van der Waals surface area (Å²) in [6.07, 6.45) is 3.87. The van der Waals surface area contributed by atoms with Crippen LogP contribution < -0.4 is 0 Å². The number of hydrogen-bond acceptors (Lipinski definition) is 4. The van der Waals surface area contributed by atoms with Crippen molar-refractivity contribution >= 4 is 24.3 Å². The van der Waals surface area contributed by atoms with E-state index in [4.69, 9.17) is 5.11 Å². The zero-order valence-electron chi connectivity index (χ0n) is 15.4. The van der Waals surface area contributed by atoms with Crippen LogP contribution in [0.4, 0.5) is 0 Å². The maximum absolute atomic E-state index is 12.4. The van der Waals surface area contributed by atoms with E-state index in [1.54, 1.807) is 0 Å². The topological polar surface area (TPSA) is 64.1 Å². The predicted molar refractivity (Wildman–Crippen MR) is 98.8 cm³/mol. The summed E-state index contributed by atoms with van der Waals surface area (Å²) in [5.41, 5.74) is 0. The number of rotatable bonds is 10. The molecular weight excluding hydrogens is 330 g/mol. The molecule has 7 heteroatoms. The number of carbonyl (C=O) groups excluding carboxylic acids is 1. The third-order valence-corrected chi connectivity index (χ3v) is 4.52. The molecule has 0 unspecified atom stereocenters. The van der Waals surface area contributed by atoms with Gasteiger partial charge >= 0.3 is 5.97 Å². The fourth-order valence-electron chi connectivity index (χ4n) is 3.31. The molecule has 1 saturated heterocycles. The first-order valence-electron chi connectivity index (χ1n) is 8.97. The van der Waals surface area contributed by atoms with Gasteiger partial charge in [-0.05, 0) is 32.2 Å². The predicted octanol–water partition coefficient (Wildman–Crippen LogP) is 1.93. The minimum Gasteiger partial charge on any atom is -0.480 e. The van der Waals surface area contributed by atoms with Gasteiger partial charge in [0.2, 0.25) is 5.91 Å². The number of likely N-dealkylation sites (tertiary alicyclic amines) is 1. The van der Waals surface area contributed by atoms with Crippen LogP contribution in [0.3, 0.4) is 0 Å². The second kappa shape index (κ2) is 12.5. The summed E-state index contributed by atoms with van der Waals surface area (Å²) in [5, 5.41) is 8.98. The van der Waals surface area contributed by atoms with E-state index in [0.29, 0.717) is 12.6 Å². The van der Waals surface area contributed by atoms with Crippen LogP contribution >= 0.6 is 12.4 Å². The Hall–Kier alpha value is -0.850. The van der Waals surface area contributed by atoms with E-state index < -0.39 is 5.97 Å². The first-order chi connectivity index (χ1) is 11.0. The van der Waals surface area contributed by atoms with Gasteiger partial charge in [-0.15, -0.1) is 12.4 Å². The molecule has 0 bridgehead atoms. The van der Waals surface area contributed by atoms with Crippen molar-refractivity contribution in [2.45, 2.75) is 52.5 Å². The van der Waals surface area contributed by atoms with E-state index >= 15 is 0 Å². The number of carbonyl (C=O) groups is 2. The highest BCUT2D eigenvalue weighted by atomic mass is 35.5. The van der Waals surface area contributed by atoms with E-state index in [9.17, 15) is 9.59 Å². The van der Waals surface area contributed by atoms with Crippen molar-refractivity contribution in [3.05, 3.63) is 0 Å². The Balaban J connectivity index is 0.00000529. The first-order valence-corrected chi connectivity index (χ1v) is 8.97. The molecule has 1 fully saturated rings. The van der Waals surface area contributed by atoms with Gasteiger partial charge in [-0.1, -0.05) is 20.8 Å². The molecule has 1 N–H and O–H groups in total. The van der Waals surface area contributed by atoms with Crippen molar-refractivity contribution in [2.75, 3.05) is 45.8 Å². The Morgan fingerprint density at radius 3 is 2.04 bits per heavy atom. The maximum Gasteiger partial charge on any atom is 0.317 e. The molecule has 0 spiro atoms. The Bertz CT molecular complexity index is 368. The van der Waals surface area contributed by atoms with Crippen LogP contribution in [0.1, 0.15) is 46.5 Å². The molecule has 6 nitrogen and oxygen atoms in total. The summed E-state index contributed by atoms with van der Waals surface area (Å²) in [5.74, 6) is -0.538. The molecule has 0 saturated carbocycles. The van der Waals surface area contributed by atoms with Gasteiger partial charge in [0.05, 0.1) is 13.1 Å². The van der Waals surface area contributed by atoms with Crippen molar-refractivity contribution in [1.29, 1.82) is 0 Å². The zero-order chi connectivity index (χ0) is 17.2. The second-order valence-electron chi connectivity index (χ2n) is 6.34. The molecule has 1 amide bonds. The Labute approximate surface area is 152 Å². The molecule has 0 aliphatic carbocycles. The lowest BCUT2D eigenvalue weighted by Gasteiger charge is -2.37. The molecule has 0 aromatic rings. The van der Waals surface area contributed by atoms with E-state index in [1.165, 1.54) is 0 Å². The van der Waals surface area contributed by atoms with Gasteiger partial charge in [0.25, 0.3) is 0 Å². The maximum atomic E-state index is 12.4. The lowest BCUT2D eigenvalue weighted by molar-refractivity contribution is -0.139. The largest absolute Gasteiger partial charge is 0.480 e. The van der Waals surface area contributed by atoms with E-state index in [2.05, 4.69) is 18.7 Å². The smallest absolute Gasteiger partial charge is 0.317 e. The van der Waals surface area contributed by atoms with Crippen LogP contribution in [0.2, 0.25) is 0 Å². The standard InChI is InChI=1S/C17H33N3O3.ClH/c1-4-9-20(10-5-2)16(21)13-18-11-7-15(8-12-18)19(6-3)14-17(22)23;/h15H,4-14H2,1-3H3,(H,22,23);1H. The van der Waals surface area contributed by atoms with Crippen LogP contribution in [0, 0.1) is 0 Å². The summed E-state index contributed by atoms with van der Waals surface area (Å²) in [6.45, 7) is 11.0. The monoisotopic (exact) mass is 363 g/mol. The molecule has 1 aliphatic rings. The third kappa shape index (κ3) is 7.81. The van der Waals surface area contributed by atoms with Gasteiger partial charge in [-0.3, -0.25) is 19.4 Å². The molecule has 1 heterocycles. The normalized spacial score (nSPS) is 16.0. The molecule has 142 valence electrons. The fourth-order valence-corrected chi connectivity index (χ4v) is 3.31. The molecule has 0 radical (unpaired) electrons. The number of carboxylic acid groups (broad SMARTS) is 1. The van der Waals surface area contributed by atoms with Crippen molar-refractivity contribution in [2.24, 2.45) is 0 Å². The molecule has 0 atom stereocenters. The number of hydrogen-bond donors (Lipinski definition) is 1. The van der Waals surface area contributed by atoms with Crippen molar-refractivity contribution in [1.82, 2.24) is 14.7 Å². The van der Waals surface area contributed by atoms with Gasteiger partial charge in [0, 0.05) is 32.2 Å². The SMILES string of the molecule is CCCN(CCC)C(=O)CN1CCC(N(CC)CC(=O)O)CC1.Cl. The molecular formula is C17H34ClN3O3. The van der Waals surface area contributed by atoms with Crippen LogP contribution in [0.25, 0.3) is 0 Å². The molecule has 0 aromatic heterocycles. The quantitative estimate of drug-likeness (QED) is 0.642. The average molecular weight is 364 g/mol. The number of carboxylic acids is 1. The lowest BCUT2D eigenvalue weighted by atomic mass is 10.0. The summed E-state index contributed by atoms with van der Waals surface area (Å²) in [4.78, 5) is 29.5. The number of piperidine rings is 1. The summed E-state index contributed by atoms with van der Waals surface area (Å²) < 4.78 is 0. The number of halogens is 1. The fraction of sp³-hybridized carbons (Fsp3) is 0.882. The summed E-state index contributed by atoms with van der Waals surface area (Å²) >= 11 is 0. The third-order valence-electron chi connectivity index (χ3n) is 4.52. The van der Waals surface area contributed by atoms with Gasteiger partial charge in [-0.25, -0.2) is 0 Å². The van der Waals surface area contributed by atoms with E-state index in [1.807, 2.05) is 16.7 Å². The Morgan fingerprint density at radius 1 is 1.08 bits per heavy atom. The number of nitrogens with zero attached hydrogens (tertiary/aromatic N) is 3. The van der Waals surface area contributed by atoms with Crippen molar-refractivity contribution in [3.63, 3.8) is 0 Å². The minimum absolute atomic E-state index is 0. The molecule has 1 aliphatic heterocycles. The number of aliphatic carboxylic acids is 1. The molecule has 0 aromatic carbocycles. The average Bonchev–Trinajstić information content (AvgIpc) is 2.53. The first kappa shape index (κ1) is 23.1. The highest BCUT2D eigenvalue weighted by Crippen LogP contribution is 2.16. The number of amides is 1. The van der Waals surface area contributed by atoms with Gasteiger partial charge < -0.3 is 10.0 Å². The summed E-state index contributed by atoms with van der Waals surface area (Å²) in [7, 11) is 0. The van der Waals surface area contributed by atoms with Crippen LogP contribution in [0.15, 0.2) is 0 Å². The number of likely N-dealkylation sites (N-methyl/N-ethyl adjacent to an activating group) is 1. The van der Waals surface area contributed by atoms with Crippen LogP contribution in [0.5, 0.6) is 0 Å². The van der Waals surface area contributed by atoms with E-state index in [-0.39, 0.29) is 24.9 Å². The highest BCUT2D eigenvalue weighted by Gasteiger charge is 2.26. The lowest BCUT2D eigenvalue weighted by Crippen LogP contribution is -2.49. The molecule has 1 rings (SSSR count). The van der Waals surface area contributed by atoms with Gasteiger partial charge in [0.15, 0.2) is 0 Å². The van der Waals surface area contributed by atoms with Crippen molar-refractivity contribution < 1.29 is 14.7 Å². The van der Waals surface area contributed by atoms with Crippen LogP contribution in [-0.2, 0) is 9.59 Å².